The van der Waals surface area contributed by atoms with E-state index in [4.69, 9.17) is 23.2 Å². The average molecular weight is 325 g/mol. The SMILES string of the molecule is CC(C)[C@]1(C)CC[C@H](C)/C(=C\c2cccc(Cl)c2Cl)C1=O. The maximum absolute atomic E-state index is 13.0. The van der Waals surface area contributed by atoms with Gasteiger partial charge in [-0.25, -0.2) is 0 Å². The fraction of sp³-hybridized carbons (Fsp3) is 0.500. The molecule has 1 saturated carbocycles. The largest absolute Gasteiger partial charge is 0.294 e. The Labute approximate surface area is 137 Å². The summed E-state index contributed by atoms with van der Waals surface area (Å²) in [7, 11) is 0. The Bertz CT molecular complexity index is 589. The van der Waals surface area contributed by atoms with Gasteiger partial charge < -0.3 is 0 Å². The molecule has 1 aliphatic carbocycles. The number of carbonyl (C=O) groups is 1. The van der Waals surface area contributed by atoms with Gasteiger partial charge in [0.15, 0.2) is 5.78 Å². The van der Waals surface area contributed by atoms with Gasteiger partial charge in [-0.3, -0.25) is 4.79 Å². The Morgan fingerprint density at radius 1 is 1.33 bits per heavy atom. The summed E-state index contributed by atoms with van der Waals surface area (Å²) in [5.41, 5.74) is 1.43. The molecule has 1 nitrogen and oxygen atoms in total. The highest BCUT2D eigenvalue weighted by Crippen LogP contribution is 2.44. The summed E-state index contributed by atoms with van der Waals surface area (Å²) >= 11 is 12.3. The van der Waals surface area contributed by atoms with Crippen molar-refractivity contribution < 1.29 is 4.79 Å². The quantitative estimate of drug-likeness (QED) is 0.606. The number of rotatable bonds is 2. The van der Waals surface area contributed by atoms with E-state index >= 15 is 0 Å². The van der Waals surface area contributed by atoms with Crippen LogP contribution in [0.4, 0.5) is 0 Å². The number of allylic oxidation sites excluding steroid dienone is 1. The first kappa shape index (κ1) is 16.6. The number of ketones is 1. The first-order valence-electron chi connectivity index (χ1n) is 7.47. The van der Waals surface area contributed by atoms with E-state index in [1.54, 1.807) is 6.07 Å². The van der Waals surface area contributed by atoms with Gasteiger partial charge in [-0.05, 0) is 48.0 Å². The summed E-state index contributed by atoms with van der Waals surface area (Å²) in [6.45, 7) is 8.44. The van der Waals surface area contributed by atoms with Crippen LogP contribution < -0.4 is 0 Å². The van der Waals surface area contributed by atoms with Gasteiger partial charge >= 0.3 is 0 Å². The molecule has 0 radical (unpaired) electrons. The summed E-state index contributed by atoms with van der Waals surface area (Å²) in [6.07, 6.45) is 3.91. The van der Waals surface area contributed by atoms with E-state index in [-0.39, 0.29) is 17.1 Å². The predicted octanol–water partition coefficient (Wildman–Crippen LogP) is 6.04. The van der Waals surface area contributed by atoms with Crippen LogP contribution in [0.2, 0.25) is 10.0 Å². The number of hydrogen-bond donors (Lipinski definition) is 0. The van der Waals surface area contributed by atoms with E-state index in [0.29, 0.717) is 16.0 Å². The molecule has 0 N–H and O–H groups in total. The first-order valence-corrected chi connectivity index (χ1v) is 8.23. The van der Waals surface area contributed by atoms with Crippen molar-refractivity contribution in [2.24, 2.45) is 17.3 Å². The fourth-order valence-corrected chi connectivity index (χ4v) is 3.26. The highest BCUT2D eigenvalue weighted by molar-refractivity contribution is 6.43. The monoisotopic (exact) mass is 324 g/mol. The Morgan fingerprint density at radius 2 is 2.00 bits per heavy atom. The molecule has 0 unspecified atom stereocenters. The van der Waals surface area contributed by atoms with Crippen LogP contribution in [0.3, 0.4) is 0 Å². The first-order chi connectivity index (χ1) is 9.77. The Kier molecular flexibility index (Phi) is 4.85. The molecular formula is C18H22Cl2O. The molecule has 1 aliphatic rings. The Hall–Kier alpha value is -0.790. The van der Waals surface area contributed by atoms with Crippen molar-refractivity contribution in [3.63, 3.8) is 0 Å². The van der Waals surface area contributed by atoms with E-state index < -0.39 is 0 Å². The molecule has 2 atom stereocenters. The smallest absolute Gasteiger partial charge is 0.165 e. The minimum Gasteiger partial charge on any atom is -0.294 e. The molecule has 21 heavy (non-hydrogen) atoms. The molecule has 0 saturated heterocycles. The number of halogens is 2. The lowest BCUT2D eigenvalue weighted by Crippen LogP contribution is -2.40. The molecule has 3 heteroatoms. The Balaban J connectivity index is 2.47. The second-order valence-electron chi connectivity index (χ2n) is 6.58. The third kappa shape index (κ3) is 3.05. The molecule has 0 heterocycles. The number of hydrogen-bond acceptors (Lipinski definition) is 1. The van der Waals surface area contributed by atoms with Gasteiger partial charge in [0.05, 0.1) is 10.0 Å². The molecule has 1 aromatic rings. The number of Topliss-reactive ketones (excluding diaryl/α,β-unsaturated/α-hetero) is 1. The van der Waals surface area contributed by atoms with Crippen LogP contribution in [0.15, 0.2) is 23.8 Å². The standard InChI is InChI=1S/C18H22Cl2O/c1-11(2)18(4)9-8-12(3)14(17(18)21)10-13-6-5-7-15(19)16(13)20/h5-7,10-12H,8-9H2,1-4H3/b14-10+/t12-,18-/m0/s1. The predicted molar refractivity (Wildman–Crippen MR) is 90.8 cm³/mol. The van der Waals surface area contributed by atoms with Crippen LogP contribution in [-0.4, -0.2) is 5.78 Å². The van der Waals surface area contributed by atoms with Gasteiger partial charge in [-0.2, -0.15) is 0 Å². The summed E-state index contributed by atoms with van der Waals surface area (Å²) < 4.78 is 0. The second-order valence-corrected chi connectivity index (χ2v) is 7.37. The van der Waals surface area contributed by atoms with E-state index in [1.165, 1.54) is 0 Å². The van der Waals surface area contributed by atoms with Crippen LogP contribution in [0.1, 0.15) is 46.1 Å². The lowest BCUT2D eigenvalue weighted by Gasteiger charge is -2.39. The van der Waals surface area contributed by atoms with E-state index in [0.717, 1.165) is 24.0 Å². The highest BCUT2D eigenvalue weighted by Gasteiger charge is 2.42. The lowest BCUT2D eigenvalue weighted by atomic mass is 9.63. The maximum Gasteiger partial charge on any atom is 0.165 e. The zero-order chi connectivity index (χ0) is 15.8. The Morgan fingerprint density at radius 3 is 2.62 bits per heavy atom. The maximum atomic E-state index is 13.0. The van der Waals surface area contributed by atoms with E-state index in [2.05, 4.69) is 27.7 Å². The van der Waals surface area contributed by atoms with Crippen LogP contribution >= 0.6 is 23.2 Å². The zero-order valence-electron chi connectivity index (χ0n) is 13.0. The molecule has 1 aromatic carbocycles. The average Bonchev–Trinajstić information content (AvgIpc) is 2.43. The van der Waals surface area contributed by atoms with Crippen molar-refractivity contribution in [3.05, 3.63) is 39.4 Å². The van der Waals surface area contributed by atoms with Gasteiger partial charge in [0.1, 0.15) is 0 Å². The lowest BCUT2D eigenvalue weighted by molar-refractivity contribution is -0.129. The molecule has 2 rings (SSSR count). The molecule has 114 valence electrons. The summed E-state index contributed by atoms with van der Waals surface area (Å²) in [4.78, 5) is 13.0. The minimum absolute atomic E-state index is 0.257. The van der Waals surface area contributed by atoms with Gasteiger partial charge in [0.25, 0.3) is 0 Å². The van der Waals surface area contributed by atoms with E-state index in [9.17, 15) is 4.79 Å². The molecule has 0 aliphatic heterocycles. The van der Waals surface area contributed by atoms with Gasteiger partial charge in [-0.15, -0.1) is 0 Å². The van der Waals surface area contributed by atoms with Crippen LogP contribution in [0.25, 0.3) is 6.08 Å². The zero-order valence-corrected chi connectivity index (χ0v) is 14.6. The van der Waals surface area contributed by atoms with Gasteiger partial charge in [0, 0.05) is 5.41 Å². The molecule has 0 bridgehead atoms. The van der Waals surface area contributed by atoms with Gasteiger partial charge in [0.2, 0.25) is 0 Å². The normalized spacial score (nSPS) is 28.4. The van der Waals surface area contributed by atoms with Crippen LogP contribution in [-0.2, 0) is 4.79 Å². The topological polar surface area (TPSA) is 17.1 Å². The summed E-state index contributed by atoms with van der Waals surface area (Å²) in [5, 5.41) is 1.04. The molecule has 0 spiro atoms. The van der Waals surface area contributed by atoms with Crippen molar-refractivity contribution in [1.82, 2.24) is 0 Å². The third-order valence-corrected chi connectivity index (χ3v) is 5.81. The summed E-state index contributed by atoms with van der Waals surface area (Å²) in [5.74, 6) is 0.849. The number of benzene rings is 1. The van der Waals surface area contributed by atoms with Crippen LogP contribution in [0, 0.1) is 17.3 Å². The molecule has 1 fully saturated rings. The summed E-state index contributed by atoms with van der Waals surface area (Å²) in [6, 6.07) is 5.53. The molecule has 0 aromatic heterocycles. The third-order valence-electron chi connectivity index (χ3n) is 4.98. The highest BCUT2D eigenvalue weighted by atomic mass is 35.5. The fourth-order valence-electron chi connectivity index (χ4n) is 2.90. The van der Waals surface area contributed by atoms with Crippen LogP contribution in [0.5, 0.6) is 0 Å². The second kappa shape index (κ2) is 6.14. The molecular weight excluding hydrogens is 303 g/mol. The van der Waals surface area contributed by atoms with Gasteiger partial charge in [-0.1, -0.05) is 63.0 Å². The van der Waals surface area contributed by atoms with Crippen molar-refractivity contribution in [3.8, 4) is 0 Å². The van der Waals surface area contributed by atoms with Crippen molar-refractivity contribution in [2.75, 3.05) is 0 Å². The minimum atomic E-state index is -0.274. The van der Waals surface area contributed by atoms with E-state index in [1.807, 2.05) is 18.2 Å². The van der Waals surface area contributed by atoms with Crippen molar-refractivity contribution in [2.45, 2.75) is 40.5 Å². The number of carbonyl (C=O) groups excluding carboxylic acids is 1. The molecule has 0 amide bonds. The van der Waals surface area contributed by atoms with Crippen molar-refractivity contribution in [1.29, 1.82) is 0 Å². The van der Waals surface area contributed by atoms with Crippen molar-refractivity contribution >= 4 is 35.1 Å².